The zero-order chi connectivity index (χ0) is 31.2. The van der Waals surface area contributed by atoms with Gasteiger partial charge in [-0.15, -0.1) is 11.3 Å². The highest BCUT2D eigenvalue weighted by Gasteiger charge is 2.14. The predicted octanol–water partition coefficient (Wildman–Crippen LogP) is 5.02. The molecule has 0 aliphatic carbocycles. The van der Waals surface area contributed by atoms with Crippen molar-refractivity contribution in [2.24, 2.45) is 14.1 Å². The minimum Gasteiger partial charge on any atom is -0.379 e. The Morgan fingerprint density at radius 1 is 0.933 bits per heavy atom. The number of anilines is 1. The Bertz CT molecular complexity index is 1880. The Labute approximate surface area is 265 Å². The second-order valence-corrected chi connectivity index (χ2v) is 11.8. The molecule has 10 nitrogen and oxygen atoms in total. The molecule has 0 spiro atoms. The van der Waals surface area contributed by atoms with Crippen LogP contribution in [-0.2, 0) is 18.8 Å². The number of rotatable bonds is 10. The van der Waals surface area contributed by atoms with Gasteiger partial charge in [0.2, 0.25) is 0 Å². The average Bonchev–Trinajstić information content (AvgIpc) is 3.77. The molecule has 5 aromatic rings. The fraction of sp³-hybridized carbons (Fsp3) is 0.235. The molecule has 230 valence electrons. The van der Waals surface area contributed by atoms with Crippen LogP contribution in [0, 0.1) is 0 Å². The van der Waals surface area contributed by atoms with E-state index in [0.29, 0.717) is 23.6 Å². The van der Waals surface area contributed by atoms with Crippen LogP contribution in [0.1, 0.15) is 42.9 Å². The number of ether oxygens (including phenoxy) is 1. The van der Waals surface area contributed by atoms with Crippen molar-refractivity contribution in [3.8, 4) is 0 Å². The number of pyridine rings is 1. The number of amides is 2. The first-order chi connectivity index (χ1) is 21.9. The molecule has 1 aliphatic heterocycles. The Kier molecular flexibility index (Phi) is 9.30. The van der Waals surface area contributed by atoms with Crippen LogP contribution < -0.4 is 10.6 Å². The van der Waals surface area contributed by atoms with Crippen molar-refractivity contribution in [1.29, 1.82) is 0 Å². The Hall–Kier alpha value is -4.84. The lowest BCUT2D eigenvalue weighted by atomic mass is 10.2. The highest BCUT2D eigenvalue weighted by Crippen LogP contribution is 2.20. The molecule has 1 saturated heterocycles. The van der Waals surface area contributed by atoms with E-state index in [9.17, 15) is 9.59 Å². The number of hydrogen-bond acceptors (Lipinski definition) is 7. The van der Waals surface area contributed by atoms with Gasteiger partial charge in [-0.3, -0.25) is 14.5 Å². The number of carbonyl (C=O) groups excluding carboxylic acids is 2. The highest BCUT2D eigenvalue weighted by atomic mass is 32.1. The van der Waals surface area contributed by atoms with Gasteiger partial charge in [-0.25, -0.2) is 9.97 Å². The van der Waals surface area contributed by atoms with Gasteiger partial charge in [-0.1, -0.05) is 30.3 Å². The van der Waals surface area contributed by atoms with E-state index >= 15 is 0 Å². The number of aryl methyl sites for hydroxylation is 2. The van der Waals surface area contributed by atoms with Crippen LogP contribution in [0.25, 0.3) is 35.2 Å². The monoisotopic (exact) mass is 621 g/mol. The van der Waals surface area contributed by atoms with Gasteiger partial charge in [0.15, 0.2) is 0 Å². The molecular formula is C34H35N7O3S. The summed E-state index contributed by atoms with van der Waals surface area (Å²) in [5.74, 6) is -0.372. The van der Waals surface area contributed by atoms with E-state index in [0.717, 1.165) is 65.7 Å². The van der Waals surface area contributed by atoms with Crippen LogP contribution in [0.15, 0.2) is 66.3 Å². The number of hydrogen-bond donors (Lipinski definition) is 2. The molecule has 4 aromatic heterocycles. The lowest BCUT2D eigenvalue weighted by molar-refractivity contribution is 0.0383. The molecule has 11 heteroatoms. The van der Waals surface area contributed by atoms with E-state index in [1.165, 1.54) is 11.3 Å². The lowest BCUT2D eigenvalue weighted by Crippen LogP contribution is -2.41. The molecule has 2 N–H and O–H groups in total. The van der Waals surface area contributed by atoms with Crippen LogP contribution in [0.5, 0.6) is 0 Å². The van der Waals surface area contributed by atoms with E-state index < -0.39 is 0 Å². The molecule has 1 aliphatic rings. The smallest absolute Gasteiger partial charge is 0.275 e. The van der Waals surface area contributed by atoms with Gasteiger partial charge in [-0.2, -0.15) is 0 Å². The Morgan fingerprint density at radius 3 is 2.64 bits per heavy atom. The zero-order valence-electron chi connectivity index (χ0n) is 25.3. The zero-order valence-corrected chi connectivity index (χ0v) is 26.1. The van der Waals surface area contributed by atoms with Crippen molar-refractivity contribution in [3.05, 3.63) is 99.7 Å². The van der Waals surface area contributed by atoms with Crippen molar-refractivity contribution in [2.45, 2.75) is 0 Å². The molecule has 5 heterocycles. The minimum absolute atomic E-state index is 0.0969. The lowest BCUT2D eigenvalue weighted by Gasteiger charge is -2.26. The number of carbonyl (C=O) groups is 2. The number of morpholine rings is 1. The minimum atomic E-state index is -0.275. The third kappa shape index (κ3) is 7.63. The van der Waals surface area contributed by atoms with Crippen LogP contribution in [0.4, 0.5) is 5.69 Å². The van der Waals surface area contributed by atoms with E-state index in [-0.39, 0.29) is 11.8 Å². The van der Waals surface area contributed by atoms with Crippen molar-refractivity contribution in [3.63, 3.8) is 0 Å². The summed E-state index contributed by atoms with van der Waals surface area (Å²) in [5, 5.41) is 9.52. The molecule has 0 bridgehead atoms. The number of nitrogens with zero attached hydrogens (tertiary/aromatic N) is 5. The van der Waals surface area contributed by atoms with Gasteiger partial charge >= 0.3 is 0 Å². The normalized spacial score (nSPS) is 14.1. The van der Waals surface area contributed by atoms with Crippen LogP contribution >= 0.6 is 11.3 Å². The molecule has 0 saturated carbocycles. The Morgan fingerprint density at radius 2 is 1.78 bits per heavy atom. The van der Waals surface area contributed by atoms with Gasteiger partial charge in [0.1, 0.15) is 16.4 Å². The number of para-hydroxylation sites is 1. The first-order valence-corrected chi connectivity index (χ1v) is 15.7. The van der Waals surface area contributed by atoms with Gasteiger partial charge in [-0.05, 0) is 48.1 Å². The highest BCUT2D eigenvalue weighted by molar-refractivity contribution is 7.10. The summed E-state index contributed by atoms with van der Waals surface area (Å²) in [5.41, 5.74) is 5.19. The van der Waals surface area contributed by atoms with Gasteiger partial charge in [0.05, 0.1) is 30.1 Å². The van der Waals surface area contributed by atoms with Crippen molar-refractivity contribution < 1.29 is 14.3 Å². The van der Waals surface area contributed by atoms with Gasteiger partial charge < -0.3 is 24.5 Å². The summed E-state index contributed by atoms with van der Waals surface area (Å²) in [6, 6.07) is 15.7. The van der Waals surface area contributed by atoms with E-state index in [2.05, 4.69) is 25.5 Å². The summed E-state index contributed by atoms with van der Waals surface area (Å²) >= 11 is 1.40. The van der Waals surface area contributed by atoms with Crippen molar-refractivity contribution in [2.75, 3.05) is 44.7 Å². The molecule has 1 fully saturated rings. The van der Waals surface area contributed by atoms with Crippen molar-refractivity contribution >= 4 is 64.0 Å². The molecule has 0 unspecified atom stereocenters. The fourth-order valence-electron chi connectivity index (χ4n) is 5.14. The molecule has 1 aromatic carbocycles. The quantitative estimate of drug-likeness (QED) is 0.227. The topological polar surface area (TPSA) is 106 Å². The number of benzene rings is 1. The molecule has 6 rings (SSSR count). The van der Waals surface area contributed by atoms with Gasteiger partial charge in [0.25, 0.3) is 11.8 Å². The summed E-state index contributed by atoms with van der Waals surface area (Å²) in [6.45, 7) is 4.68. The standard InChI is InChI=1S/C34H35N7O3S/c1-39-22-27(37-33(42)30-23-45-32(38-30)12-10-26-9-8-25-5-3-4-6-29(25)36-26)20-28(39)11-7-24-19-31(40(2)21-24)34(43)35-13-14-41-15-17-44-18-16-41/h3-12,19-23H,13-18H2,1-2H3,(H,35,43)(H,37,42)/b11-7+,12-10+. The first kappa shape index (κ1) is 30.2. The maximum Gasteiger partial charge on any atom is 0.275 e. The Balaban J connectivity index is 1.03. The number of fused-ring (bicyclic) bond motifs is 1. The maximum absolute atomic E-state index is 12.9. The summed E-state index contributed by atoms with van der Waals surface area (Å²) < 4.78 is 9.14. The van der Waals surface area contributed by atoms with Crippen LogP contribution in [-0.4, -0.2) is 75.2 Å². The molecule has 0 radical (unpaired) electrons. The average molecular weight is 622 g/mol. The fourth-order valence-corrected chi connectivity index (χ4v) is 5.83. The summed E-state index contributed by atoms with van der Waals surface area (Å²) in [4.78, 5) is 37.1. The molecule has 0 atom stereocenters. The third-order valence-corrected chi connectivity index (χ3v) is 8.41. The molecule has 45 heavy (non-hydrogen) atoms. The SMILES string of the molecule is Cn1cc(NC(=O)c2csc(/C=C/c3ccc4ccccc4n3)n2)cc1/C=C/c1cc(C(=O)NCCN2CCOCC2)n(C)c1. The summed E-state index contributed by atoms with van der Waals surface area (Å²) in [7, 11) is 3.78. The largest absolute Gasteiger partial charge is 0.379 e. The van der Waals surface area contributed by atoms with Crippen LogP contribution in [0.3, 0.4) is 0 Å². The number of nitrogens with one attached hydrogen (secondary N) is 2. The second-order valence-electron chi connectivity index (χ2n) is 10.9. The second kappa shape index (κ2) is 13.9. The number of aromatic nitrogens is 4. The number of thiazole rings is 1. The van der Waals surface area contributed by atoms with E-state index in [4.69, 9.17) is 4.74 Å². The molecule has 2 amide bonds. The van der Waals surface area contributed by atoms with Crippen molar-refractivity contribution in [1.82, 2.24) is 29.3 Å². The van der Waals surface area contributed by atoms with E-state index in [1.807, 2.05) is 108 Å². The predicted molar refractivity (Wildman–Crippen MR) is 180 cm³/mol. The van der Waals surface area contributed by atoms with Gasteiger partial charge in [0, 0.05) is 69.1 Å². The van der Waals surface area contributed by atoms with E-state index in [1.54, 1.807) is 5.38 Å². The third-order valence-electron chi connectivity index (χ3n) is 7.60. The first-order valence-electron chi connectivity index (χ1n) is 14.8. The molecular weight excluding hydrogens is 586 g/mol. The maximum atomic E-state index is 12.9. The van der Waals surface area contributed by atoms with Crippen LogP contribution in [0.2, 0.25) is 0 Å². The summed E-state index contributed by atoms with van der Waals surface area (Å²) in [6.07, 6.45) is 11.5.